The Labute approximate surface area is 274 Å². The number of hydrogen-bond donors (Lipinski definition) is 0. The van der Waals surface area contributed by atoms with E-state index in [4.69, 9.17) is 61.6 Å². The molecule has 14 nitrogen and oxygen atoms in total. The van der Waals surface area contributed by atoms with E-state index in [0.29, 0.717) is 136 Å². The number of esters is 1. The lowest BCUT2D eigenvalue weighted by atomic mass is 10.2. The Morgan fingerprint density at radius 3 is 1.02 bits per heavy atom. The summed E-state index contributed by atoms with van der Waals surface area (Å²) in [5, 5.41) is 0. The summed E-state index contributed by atoms with van der Waals surface area (Å²) in [6.45, 7) is 15.0. The van der Waals surface area contributed by atoms with Crippen LogP contribution in [0.25, 0.3) is 0 Å². The summed E-state index contributed by atoms with van der Waals surface area (Å²) in [6, 6.07) is 3.10. The summed E-state index contributed by atoms with van der Waals surface area (Å²) in [5.41, 5.74) is 0.243. The van der Waals surface area contributed by atoms with Crippen molar-refractivity contribution in [1.29, 1.82) is 0 Å². The van der Waals surface area contributed by atoms with Crippen molar-refractivity contribution in [3.63, 3.8) is 0 Å². The standard InChI is InChI=1S/C32H56O14/c1-5-35-8-11-38-14-17-41-20-23-44-29-26-28(32(33)34-4)27-30(45-24-21-42-18-15-39-12-9-36-6-2)31(29)46-25-22-43-19-16-40-13-10-37-7-3/h26-27H,5-25H2,1-4H3. The van der Waals surface area contributed by atoms with Gasteiger partial charge in [-0.2, -0.15) is 0 Å². The van der Waals surface area contributed by atoms with Gasteiger partial charge >= 0.3 is 5.97 Å². The largest absolute Gasteiger partial charge is 0.487 e. The van der Waals surface area contributed by atoms with Crippen molar-refractivity contribution in [1.82, 2.24) is 0 Å². The SMILES string of the molecule is CCOCCOCCOCCOc1cc(C(=O)OC)cc(OCCOCCOCCOCC)c1OCCOCCOCCOCC. The third-order valence-corrected chi connectivity index (χ3v) is 5.73. The van der Waals surface area contributed by atoms with E-state index in [0.717, 1.165) is 0 Å². The zero-order chi connectivity index (χ0) is 33.3. The maximum Gasteiger partial charge on any atom is 0.338 e. The molecule has 1 aromatic carbocycles. The summed E-state index contributed by atoms with van der Waals surface area (Å²) >= 11 is 0. The number of carbonyl (C=O) groups is 1. The minimum Gasteiger partial charge on any atom is -0.487 e. The van der Waals surface area contributed by atoms with E-state index in [2.05, 4.69) is 0 Å². The highest BCUT2D eigenvalue weighted by atomic mass is 16.6. The molecule has 0 amide bonds. The number of hydrogen-bond acceptors (Lipinski definition) is 14. The summed E-state index contributed by atoms with van der Waals surface area (Å²) in [6.07, 6.45) is 0. The molecule has 14 heteroatoms. The first-order chi connectivity index (χ1) is 22.7. The van der Waals surface area contributed by atoms with Gasteiger partial charge in [0.2, 0.25) is 5.75 Å². The quantitative estimate of drug-likeness (QED) is 0.0789. The zero-order valence-corrected chi connectivity index (χ0v) is 28.2. The van der Waals surface area contributed by atoms with Crippen molar-refractivity contribution in [2.24, 2.45) is 0 Å². The Bertz CT molecular complexity index is 796. The molecule has 0 heterocycles. The van der Waals surface area contributed by atoms with E-state index in [1.165, 1.54) is 7.11 Å². The number of ether oxygens (including phenoxy) is 13. The van der Waals surface area contributed by atoms with E-state index in [1.54, 1.807) is 12.1 Å². The van der Waals surface area contributed by atoms with Gasteiger partial charge in [0, 0.05) is 19.8 Å². The fourth-order valence-electron chi connectivity index (χ4n) is 3.55. The van der Waals surface area contributed by atoms with Gasteiger partial charge in [0.25, 0.3) is 0 Å². The average Bonchev–Trinajstić information content (AvgIpc) is 3.07. The second-order valence-electron chi connectivity index (χ2n) is 9.10. The number of rotatable bonds is 34. The lowest BCUT2D eigenvalue weighted by Gasteiger charge is -2.18. The predicted octanol–water partition coefficient (Wildman–Crippen LogP) is 2.82. The molecule has 1 rings (SSSR count). The predicted molar refractivity (Wildman–Crippen MR) is 169 cm³/mol. The van der Waals surface area contributed by atoms with Crippen molar-refractivity contribution < 1.29 is 66.4 Å². The molecule has 0 atom stereocenters. The van der Waals surface area contributed by atoms with Crippen LogP contribution in [0.4, 0.5) is 0 Å². The van der Waals surface area contributed by atoms with Gasteiger partial charge in [0.15, 0.2) is 11.5 Å². The van der Waals surface area contributed by atoms with Gasteiger partial charge < -0.3 is 61.6 Å². The van der Waals surface area contributed by atoms with E-state index in [1.807, 2.05) is 20.8 Å². The van der Waals surface area contributed by atoms with Gasteiger partial charge in [0.05, 0.1) is 112 Å². The Kier molecular flexibility index (Phi) is 28.4. The van der Waals surface area contributed by atoms with E-state index in [9.17, 15) is 4.79 Å². The van der Waals surface area contributed by atoms with Crippen LogP contribution in [0, 0.1) is 0 Å². The van der Waals surface area contributed by atoms with Crippen LogP contribution in [0.1, 0.15) is 31.1 Å². The maximum atomic E-state index is 12.4. The summed E-state index contributed by atoms with van der Waals surface area (Å²) in [4.78, 5) is 12.4. The monoisotopic (exact) mass is 664 g/mol. The van der Waals surface area contributed by atoms with Crippen LogP contribution in [0.3, 0.4) is 0 Å². The smallest absolute Gasteiger partial charge is 0.338 e. The Hall–Kier alpha value is -2.27. The molecule has 0 saturated carbocycles. The van der Waals surface area contributed by atoms with Crippen molar-refractivity contribution in [2.75, 3.05) is 146 Å². The molecule has 0 aromatic heterocycles. The molecule has 0 aliphatic carbocycles. The van der Waals surface area contributed by atoms with E-state index in [-0.39, 0.29) is 25.4 Å². The molecule has 0 spiro atoms. The van der Waals surface area contributed by atoms with Crippen molar-refractivity contribution >= 4 is 5.97 Å². The third kappa shape index (κ3) is 22.3. The second-order valence-corrected chi connectivity index (χ2v) is 9.10. The van der Waals surface area contributed by atoms with Gasteiger partial charge in [-0.25, -0.2) is 4.79 Å². The lowest BCUT2D eigenvalue weighted by molar-refractivity contribution is 0.00862. The van der Waals surface area contributed by atoms with Crippen LogP contribution < -0.4 is 14.2 Å². The summed E-state index contributed by atoms with van der Waals surface area (Å²) < 4.78 is 71.9. The van der Waals surface area contributed by atoms with E-state index < -0.39 is 5.97 Å². The highest BCUT2D eigenvalue weighted by molar-refractivity contribution is 5.91. The first kappa shape index (κ1) is 41.8. The molecule has 268 valence electrons. The minimum absolute atomic E-state index is 0.196. The number of carbonyl (C=O) groups excluding carboxylic acids is 1. The van der Waals surface area contributed by atoms with Crippen LogP contribution in [0.2, 0.25) is 0 Å². The Morgan fingerprint density at radius 2 is 0.717 bits per heavy atom. The highest BCUT2D eigenvalue weighted by Gasteiger charge is 2.19. The zero-order valence-electron chi connectivity index (χ0n) is 28.2. The van der Waals surface area contributed by atoms with Gasteiger partial charge in [-0.1, -0.05) is 0 Å². The normalized spacial score (nSPS) is 11.1. The van der Waals surface area contributed by atoms with Gasteiger partial charge in [0.1, 0.15) is 19.8 Å². The fourth-order valence-corrected chi connectivity index (χ4v) is 3.55. The van der Waals surface area contributed by atoms with Crippen molar-refractivity contribution in [3.05, 3.63) is 17.7 Å². The molecule has 46 heavy (non-hydrogen) atoms. The van der Waals surface area contributed by atoms with Crippen LogP contribution in [-0.2, 0) is 47.4 Å². The van der Waals surface area contributed by atoms with Crippen LogP contribution in [0.15, 0.2) is 12.1 Å². The highest BCUT2D eigenvalue weighted by Crippen LogP contribution is 2.39. The molecule has 0 radical (unpaired) electrons. The van der Waals surface area contributed by atoms with Crippen molar-refractivity contribution in [2.45, 2.75) is 20.8 Å². The first-order valence-corrected chi connectivity index (χ1v) is 16.0. The molecule has 1 aromatic rings. The van der Waals surface area contributed by atoms with Crippen LogP contribution in [-0.4, -0.2) is 152 Å². The van der Waals surface area contributed by atoms with Gasteiger partial charge in [-0.3, -0.25) is 0 Å². The molecule has 0 aliphatic heterocycles. The van der Waals surface area contributed by atoms with Gasteiger partial charge in [-0.05, 0) is 32.9 Å². The molecule has 0 N–H and O–H groups in total. The average molecular weight is 665 g/mol. The fraction of sp³-hybridized carbons (Fsp3) is 0.781. The first-order valence-electron chi connectivity index (χ1n) is 16.0. The summed E-state index contributed by atoms with van der Waals surface area (Å²) in [7, 11) is 1.31. The van der Waals surface area contributed by atoms with Crippen LogP contribution in [0.5, 0.6) is 17.2 Å². The molecular weight excluding hydrogens is 608 g/mol. The molecular formula is C32H56O14. The Morgan fingerprint density at radius 1 is 0.435 bits per heavy atom. The number of benzene rings is 1. The Balaban J connectivity index is 2.71. The maximum absolute atomic E-state index is 12.4. The molecule has 0 unspecified atom stereocenters. The third-order valence-electron chi connectivity index (χ3n) is 5.73. The second kappa shape index (κ2) is 31.3. The van der Waals surface area contributed by atoms with Crippen LogP contribution >= 0.6 is 0 Å². The van der Waals surface area contributed by atoms with E-state index >= 15 is 0 Å². The number of methoxy groups -OCH3 is 1. The molecule has 0 bridgehead atoms. The van der Waals surface area contributed by atoms with Gasteiger partial charge in [-0.15, -0.1) is 0 Å². The summed E-state index contributed by atoms with van der Waals surface area (Å²) in [5.74, 6) is 0.382. The minimum atomic E-state index is -0.546. The van der Waals surface area contributed by atoms with Crippen molar-refractivity contribution in [3.8, 4) is 17.2 Å². The topological polar surface area (TPSA) is 137 Å². The molecule has 0 saturated heterocycles. The molecule has 0 aliphatic rings. The molecule has 0 fully saturated rings. The lowest BCUT2D eigenvalue weighted by Crippen LogP contribution is -2.16.